The maximum absolute atomic E-state index is 12.8. The van der Waals surface area contributed by atoms with E-state index in [2.05, 4.69) is 20.4 Å². The number of alkyl halides is 3. The highest BCUT2D eigenvalue weighted by molar-refractivity contribution is 6.02. The minimum absolute atomic E-state index is 0.0765. The molecule has 1 unspecified atom stereocenters. The van der Waals surface area contributed by atoms with Gasteiger partial charge in [-0.2, -0.15) is 18.3 Å². The topological polar surface area (TPSA) is 102 Å². The fraction of sp³-hybridized carbons (Fsp3) is 0.409. The second-order valence-electron chi connectivity index (χ2n) is 8.15. The van der Waals surface area contributed by atoms with Crippen LogP contribution in [0.3, 0.4) is 0 Å². The number of nitrogens with one attached hydrogen (secondary N) is 1. The molecular formula is C22H23F3N6O3. The lowest BCUT2D eigenvalue weighted by Crippen LogP contribution is -2.42. The van der Waals surface area contributed by atoms with E-state index < -0.39 is 18.8 Å². The Hall–Kier alpha value is -3.70. The summed E-state index contributed by atoms with van der Waals surface area (Å²) in [7, 11) is 0. The molecule has 180 valence electrons. The van der Waals surface area contributed by atoms with Crippen LogP contribution in [0.15, 0.2) is 30.7 Å². The number of aryl methyl sites for hydroxylation is 1. The van der Waals surface area contributed by atoms with Crippen LogP contribution in [-0.2, 0) is 16.1 Å². The van der Waals surface area contributed by atoms with Crippen molar-refractivity contribution in [3.8, 4) is 5.88 Å². The van der Waals surface area contributed by atoms with Gasteiger partial charge in [0.05, 0.1) is 17.4 Å². The van der Waals surface area contributed by atoms with Gasteiger partial charge in [0.2, 0.25) is 17.7 Å². The molecule has 0 aromatic carbocycles. The lowest BCUT2D eigenvalue weighted by atomic mass is 10.2. The van der Waals surface area contributed by atoms with E-state index in [1.807, 2.05) is 0 Å². The van der Waals surface area contributed by atoms with Crippen molar-refractivity contribution in [3.63, 3.8) is 0 Å². The van der Waals surface area contributed by atoms with Gasteiger partial charge in [0.1, 0.15) is 11.9 Å². The highest BCUT2D eigenvalue weighted by Crippen LogP contribution is 2.24. The van der Waals surface area contributed by atoms with E-state index in [-0.39, 0.29) is 17.7 Å². The Morgan fingerprint density at radius 2 is 2.09 bits per heavy atom. The van der Waals surface area contributed by atoms with Gasteiger partial charge in [-0.15, -0.1) is 0 Å². The number of carbonyl (C=O) groups excluding carboxylic acids is 2. The van der Waals surface area contributed by atoms with Crippen molar-refractivity contribution in [1.29, 1.82) is 0 Å². The molecule has 0 bridgehead atoms. The number of halogens is 3. The minimum Gasteiger partial charge on any atom is -0.468 e. The summed E-state index contributed by atoms with van der Waals surface area (Å²) in [5, 5.41) is 7.93. The monoisotopic (exact) mass is 476 g/mol. The van der Waals surface area contributed by atoms with Crippen LogP contribution in [0.5, 0.6) is 5.88 Å². The van der Waals surface area contributed by atoms with Gasteiger partial charge in [-0.1, -0.05) is 0 Å². The molecule has 34 heavy (non-hydrogen) atoms. The van der Waals surface area contributed by atoms with Crippen LogP contribution in [0.2, 0.25) is 0 Å². The van der Waals surface area contributed by atoms with Gasteiger partial charge in [-0.25, -0.2) is 9.97 Å². The first-order valence-electron chi connectivity index (χ1n) is 10.7. The Morgan fingerprint density at radius 3 is 2.79 bits per heavy atom. The predicted molar refractivity (Wildman–Crippen MR) is 116 cm³/mol. The SMILES string of the molecule is CC(=O)N1CCCC1C(=O)Nc1nccc2nn(Cc3cnc(OCC(F)(F)F)c(C)c3)cc12. The quantitative estimate of drug-likeness (QED) is 0.587. The number of hydrogen-bond donors (Lipinski definition) is 1. The molecule has 3 aromatic rings. The molecule has 1 aliphatic rings. The van der Waals surface area contributed by atoms with E-state index in [4.69, 9.17) is 4.74 Å². The van der Waals surface area contributed by atoms with Crippen molar-refractivity contribution in [3.05, 3.63) is 41.9 Å². The van der Waals surface area contributed by atoms with Crippen LogP contribution < -0.4 is 10.1 Å². The number of anilines is 1. The number of aromatic nitrogens is 4. The molecule has 1 aliphatic heterocycles. The van der Waals surface area contributed by atoms with Gasteiger partial charge in [0.15, 0.2) is 6.61 Å². The molecule has 1 atom stereocenters. The van der Waals surface area contributed by atoms with Crippen LogP contribution in [0, 0.1) is 6.92 Å². The Bertz CT molecular complexity index is 1230. The number of nitrogens with zero attached hydrogens (tertiary/aromatic N) is 5. The van der Waals surface area contributed by atoms with Crippen LogP contribution in [0.25, 0.3) is 10.9 Å². The highest BCUT2D eigenvalue weighted by Gasteiger charge is 2.33. The molecule has 2 amide bonds. The van der Waals surface area contributed by atoms with Gasteiger partial charge in [-0.05, 0) is 37.5 Å². The maximum atomic E-state index is 12.8. The van der Waals surface area contributed by atoms with Crippen molar-refractivity contribution in [2.75, 3.05) is 18.5 Å². The molecule has 12 heteroatoms. The fourth-order valence-electron chi connectivity index (χ4n) is 3.99. The van der Waals surface area contributed by atoms with E-state index in [1.54, 1.807) is 34.8 Å². The smallest absolute Gasteiger partial charge is 0.422 e. The molecule has 0 aliphatic carbocycles. The Balaban J connectivity index is 1.49. The summed E-state index contributed by atoms with van der Waals surface area (Å²) < 4.78 is 43.5. The zero-order chi connectivity index (χ0) is 24.5. The van der Waals surface area contributed by atoms with Crippen LogP contribution in [0.1, 0.15) is 30.9 Å². The number of hydrogen-bond acceptors (Lipinski definition) is 6. The lowest BCUT2D eigenvalue weighted by Gasteiger charge is -2.22. The molecule has 0 saturated carbocycles. The van der Waals surface area contributed by atoms with Crippen LogP contribution in [-0.4, -0.2) is 61.8 Å². The molecule has 3 aromatic heterocycles. The largest absolute Gasteiger partial charge is 0.468 e. The summed E-state index contributed by atoms with van der Waals surface area (Å²) in [5.41, 5.74) is 1.79. The number of likely N-dealkylation sites (tertiary alicyclic amines) is 1. The van der Waals surface area contributed by atoms with Crippen molar-refractivity contribution < 1.29 is 27.5 Å². The molecule has 1 saturated heterocycles. The molecule has 4 heterocycles. The number of ether oxygens (including phenoxy) is 1. The fourth-order valence-corrected chi connectivity index (χ4v) is 3.99. The number of pyridine rings is 2. The molecule has 0 spiro atoms. The minimum atomic E-state index is -4.44. The first kappa shape index (κ1) is 23.5. The van der Waals surface area contributed by atoms with Crippen molar-refractivity contribution >= 4 is 28.5 Å². The van der Waals surface area contributed by atoms with Crippen molar-refractivity contribution in [2.24, 2.45) is 0 Å². The Labute approximate surface area is 192 Å². The number of carbonyl (C=O) groups is 2. The molecule has 4 rings (SSSR count). The van der Waals surface area contributed by atoms with Crippen LogP contribution in [0.4, 0.5) is 19.0 Å². The molecular weight excluding hydrogens is 453 g/mol. The molecule has 0 radical (unpaired) electrons. The normalized spacial score (nSPS) is 16.1. The second-order valence-corrected chi connectivity index (χ2v) is 8.15. The van der Waals surface area contributed by atoms with Gasteiger partial charge >= 0.3 is 6.18 Å². The first-order chi connectivity index (χ1) is 16.1. The number of amides is 2. The van der Waals surface area contributed by atoms with Crippen LogP contribution >= 0.6 is 0 Å². The Morgan fingerprint density at radius 1 is 1.29 bits per heavy atom. The van der Waals surface area contributed by atoms with E-state index in [1.165, 1.54) is 19.3 Å². The molecule has 1 N–H and O–H groups in total. The average Bonchev–Trinajstić information content (AvgIpc) is 3.40. The third-order valence-corrected chi connectivity index (χ3v) is 5.49. The highest BCUT2D eigenvalue weighted by atomic mass is 19.4. The first-order valence-corrected chi connectivity index (χ1v) is 10.7. The summed E-state index contributed by atoms with van der Waals surface area (Å²) in [6, 6.07) is 2.86. The van der Waals surface area contributed by atoms with Crippen molar-refractivity contribution in [2.45, 2.75) is 45.5 Å². The summed E-state index contributed by atoms with van der Waals surface area (Å²) in [6.45, 7) is 2.51. The zero-order valence-electron chi connectivity index (χ0n) is 18.6. The molecule has 9 nitrogen and oxygen atoms in total. The van der Waals surface area contributed by atoms with E-state index >= 15 is 0 Å². The third kappa shape index (κ3) is 5.26. The van der Waals surface area contributed by atoms with Gasteiger partial charge in [0, 0.05) is 37.6 Å². The van der Waals surface area contributed by atoms with Gasteiger partial charge in [0.25, 0.3) is 0 Å². The van der Waals surface area contributed by atoms with Gasteiger partial charge in [-0.3, -0.25) is 14.3 Å². The summed E-state index contributed by atoms with van der Waals surface area (Å²) in [6.07, 6.45) is 1.61. The zero-order valence-corrected chi connectivity index (χ0v) is 18.6. The van der Waals surface area contributed by atoms with Gasteiger partial charge < -0.3 is 15.0 Å². The average molecular weight is 476 g/mol. The van der Waals surface area contributed by atoms with E-state index in [0.717, 1.165) is 6.42 Å². The molecule has 1 fully saturated rings. The maximum Gasteiger partial charge on any atom is 0.422 e. The standard InChI is InChI=1S/C22H23F3N6O3/c1-13-8-15(9-27-21(13)34-12-22(23,24)25)10-30-11-16-17(29-30)5-6-26-19(16)28-20(33)18-4-3-7-31(18)14(2)32/h5-6,8-9,11,18H,3-4,7,10,12H2,1-2H3,(H,26,28,33). The predicted octanol–water partition coefficient (Wildman–Crippen LogP) is 3.07. The van der Waals surface area contributed by atoms with E-state index in [0.29, 0.717) is 47.4 Å². The number of fused-ring (bicyclic) bond motifs is 1. The number of rotatable bonds is 6. The summed E-state index contributed by atoms with van der Waals surface area (Å²) in [4.78, 5) is 34.4. The summed E-state index contributed by atoms with van der Waals surface area (Å²) >= 11 is 0. The van der Waals surface area contributed by atoms with E-state index in [9.17, 15) is 22.8 Å². The second kappa shape index (κ2) is 9.27. The summed E-state index contributed by atoms with van der Waals surface area (Å²) in [5.74, 6) is -0.174. The third-order valence-electron chi connectivity index (χ3n) is 5.49. The van der Waals surface area contributed by atoms with Crippen molar-refractivity contribution in [1.82, 2.24) is 24.6 Å². The Kier molecular flexibility index (Phi) is 6.40. The lowest BCUT2D eigenvalue weighted by molar-refractivity contribution is -0.154.